The largest absolute Gasteiger partial charge is 0.287 e. The zero-order valence-corrected chi connectivity index (χ0v) is 15.4. The molecule has 3 aromatic rings. The molecule has 0 unspecified atom stereocenters. The van der Waals surface area contributed by atoms with Crippen molar-refractivity contribution < 1.29 is 8.96 Å². The number of fused-ring (bicyclic) bond motifs is 1. The third-order valence-corrected chi connectivity index (χ3v) is 5.84. The first kappa shape index (κ1) is 16.2. The van der Waals surface area contributed by atoms with E-state index in [0.29, 0.717) is 11.5 Å². The van der Waals surface area contributed by atoms with Crippen LogP contribution in [-0.2, 0) is 7.05 Å². The van der Waals surface area contributed by atoms with E-state index >= 15 is 0 Å². The summed E-state index contributed by atoms with van der Waals surface area (Å²) >= 11 is 0. The third kappa shape index (κ3) is 2.45. The van der Waals surface area contributed by atoms with Gasteiger partial charge in [0, 0.05) is 11.1 Å². The van der Waals surface area contributed by atoms with Crippen LogP contribution in [0.3, 0.4) is 0 Å². The van der Waals surface area contributed by atoms with E-state index in [1.54, 1.807) is 0 Å². The molecule has 1 aliphatic carbocycles. The molecule has 2 nitrogen and oxygen atoms in total. The minimum atomic E-state index is -0.0996. The predicted molar refractivity (Wildman–Crippen MR) is 99.1 cm³/mol. The van der Waals surface area contributed by atoms with Crippen molar-refractivity contribution >= 4 is 10.9 Å². The van der Waals surface area contributed by atoms with Crippen LogP contribution in [0.4, 0.5) is 4.39 Å². The highest BCUT2D eigenvalue weighted by Crippen LogP contribution is 2.40. The molecule has 25 heavy (non-hydrogen) atoms. The van der Waals surface area contributed by atoms with E-state index in [9.17, 15) is 4.39 Å². The van der Waals surface area contributed by atoms with E-state index < -0.39 is 0 Å². The standard InChI is InChI=1S/C22H24FN2/c1-13-11-19(14(2)15(3)20(13)23)22-18-10-6-9-17(16-7-5-8-16)21(18)24-12-25(22)4/h6,9-12,16H,5,7-8H2,1-4H3/q+1. The highest BCUT2D eigenvalue weighted by atomic mass is 19.1. The van der Waals surface area contributed by atoms with Crippen LogP contribution in [0.5, 0.6) is 0 Å². The van der Waals surface area contributed by atoms with Crippen LogP contribution in [-0.4, -0.2) is 4.98 Å². The molecule has 1 fully saturated rings. The first-order valence-electron chi connectivity index (χ1n) is 9.03. The molecule has 0 amide bonds. The number of aryl methyl sites for hydroxylation is 2. The van der Waals surface area contributed by atoms with Gasteiger partial charge in [0.25, 0.3) is 6.33 Å². The van der Waals surface area contributed by atoms with E-state index in [2.05, 4.69) is 22.8 Å². The van der Waals surface area contributed by atoms with Crippen molar-refractivity contribution in [3.63, 3.8) is 0 Å². The summed E-state index contributed by atoms with van der Waals surface area (Å²) in [6.07, 6.45) is 5.72. The van der Waals surface area contributed by atoms with Crippen LogP contribution < -0.4 is 4.57 Å². The number of aromatic nitrogens is 2. The SMILES string of the molecule is Cc1cc(-c2c3cccc(C4CCC4)c3nc[n+]2C)c(C)c(C)c1F. The van der Waals surface area contributed by atoms with Gasteiger partial charge in [-0.15, -0.1) is 0 Å². The van der Waals surface area contributed by atoms with Gasteiger partial charge in [0.15, 0.2) is 5.52 Å². The van der Waals surface area contributed by atoms with Crippen LogP contribution in [0, 0.1) is 26.6 Å². The quantitative estimate of drug-likeness (QED) is 0.598. The van der Waals surface area contributed by atoms with E-state index in [0.717, 1.165) is 33.3 Å². The summed E-state index contributed by atoms with van der Waals surface area (Å²) in [7, 11) is 2.02. The number of halogens is 1. The molecular formula is C22H24FN2+. The lowest BCUT2D eigenvalue weighted by Gasteiger charge is -2.25. The Balaban J connectivity index is 2.04. The fourth-order valence-electron chi connectivity index (χ4n) is 3.97. The molecule has 0 N–H and O–H groups in total. The van der Waals surface area contributed by atoms with Gasteiger partial charge in [0.05, 0.1) is 12.4 Å². The van der Waals surface area contributed by atoms with Crippen molar-refractivity contribution in [3.8, 4) is 11.3 Å². The number of para-hydroxylation sites is 1. The lowest BCUT2D eigenvalue weighted by atomic mass is 9.79. The van der Waals surface area contributed by atoms with Crippen LogP contribution in [0.15, 0.2) is 30.6 Å². The predicted octanol–water partition coefficient (Wildman–Crippen LogP) is 5.06. The average molecular weight is 335 g/mol. The second-order valence-electron chi connectivity index (χ2n) is 7.38. The number of benzene rings is 2. The first-order valence-corrected chi connectivity index (χ1v) is 9.03. The lowest BCUT2D eigenvalue weighted by Crippen LogP contribution is -2.32. The second kappa shape index (κ2) is 5.91. The number of hydrogen-bond donors (Lipinski definition) is 0. The normalized spacial score (nSPS) is 14.8. The van der Waals surface area contributed by atoms with Gasteiger partial charge >= 0.3 is 0 Å². The van der Waals surface area contributed by atoms with Gasteiger partial charge in [-0.25, -0.2) is 8.96 Å². The molecule has 1 aliphatic rings. The van der Waals surface area contributed by atoms with Gasteiger partial charge in [0.2, 0.25) is 0 Å². The van der Waals surface area contributed by atoms with Crippen molar-refractivity contribution in [2.24, 2.45) is 7.05 Å². The summed E-state index contributed by atoms with van der Waals surface area (Å²) in [6, 6.07) is 8.48. The van der Waals surface area contributed by atoms with E-state index in [-0.39, 0.29) is 5.82 Å². The highest BCUT2D eigenvalue weighted by molar-refractivity contribution is 5.93. The molecule has 2 aromatic carbocycles. The van der Waals surface area contributed by atoms with Gasteiger partial charge in [-0.1, -0.05) is 18.6 Å². The molecule has 0 aliphatic heterocycles. The lowest BCUT2D eigenvalue weighted by molar-refractivity contribution is -0.662. The Morgan fingerprint density at radius 2 is 1.88 bits per heavy atom. The minimum Gasteiger partial charge on any atom is -0.232 e. The molecule has 4 rings (SSSR count). The molecular weight excluding hydrogens is 311 g/mol. The van der Waals surface area contributed by atoms with Crippen LogP contribution in [0.1, 0.15) is 47.4 Å². The molecule has 0 bridgehead atoms. The smallest absolute Gasteiger partial charge is 0.232 e. The minimum absolute atomic E-state index is 0.0996. The average Bonchev–Trinajstić information content (AvgIpc) is 2.55. The van der Waals surface area contributed by atoms with Crippen molar-refractivity contribution in [1.82, 2.24) is 4.98 Å². The number of hydrogen-bond acceptors (Lipinski definition) is 1. The molecule has 3 heteroatoms. The maximum absolute atomic E-state index is 14.3. The first-order chi connectivity index (χ1) is 12.0. The summed E-state index contributed by atoms with van der Waals surface area (Å²) in [5.74, 6) is 0.534. The molecule has 1 heterocycles. The van der Waals surface area contributed by atoms with Crippen molar-refractivity contribution in [2.75, 3.05) is 0 Å². The topological polar surface area (TPSA) is 16.8 Å². The summed E-state index contributed by atoms with van der Waals surface area (Å²) in [5.41, 5.74) is 7.10. The molecule has 0 spiro atoms. The molecule has 1 aromatic heterocycles. The number of rotatable bonds is 2. The fourth-order valence-corrected chi connectivity index (χ4v) is 3.97. The van der Waals surface area contributed by atoms with Gasteiger partial charge in [-0.05, 0) is 73.3 Å². The Morgan fingerprint density at radius 1 is 1.12 bits per heavy atom. The van der Waals surface area contributed by atoms with Gasteiger partial charge in [-0.2, -0.15) is 0 Å². The summed E-state index contributed by atoms with van der Waals surface area (Å²) < 4.78 is 16.4. The highest BCUT2D eigenvalue weighted by Gasteiger charge is 2.26. The summed E-state index contributed by atoms with van der Waals surface area (Å²) in [4.78, 5) is 4.75. The van der Waals surface area contributed by atoms with E-state index in [1.807, 2.05) is 40.2 Å². The molecule has 128 valence electrons. The Bertz CT molecular complexity index is 987. The molecule has 0 atom stereocenters. The van der Waals surface area contributed by atoms with Gasteiger partial charge < -0.3 is 0 Å². The maximum Gasteiger partial charge on any atom is 0.287 e. The summed E-state index contributed by atoms with van der Waals surface area (Å²) in [6.45, 7) is 5.72. The summed E-state index contributed by atoms with van der Waals surface area (Å²) in [5, 5.41) is 1.16. The monoisotopic (exact) mass is 335 g/mol. The van der Waals surface area contributed by atoms with Crippen molar-refractivity contribution in [3.05, 3.63) is 58.7 Å². The van der Waals surface area contributed by atoms with Crippen LogP contribution in [0.2, 0.25) is 0 Å². The van der Waals surface area contributed by atoms with Crippen molar-refractivity contribution in [1.29, 1.82) is 0 Å². The maximum atomic E-state index is 14.3. The van der Waals surface area contributed by atoms with E-state index in [4.69, 9.17) is 4.98 Å². The van der Waals surface area contributed by atoms with Crippen molar-refractivity contribution in [2.45, 2.75) is 46.0 Å². The molecule has 0 saturated heterocycles. The van der Waals surface area contributed by atoms with Gasteiger partial charge in [-0.3, -0.25) is 0 Å². The number of nitrogens with zero attached hydrogens (tertiary/aromatic N) is 2. The van der Waals surface area contributed by atoms with Crippen LogP contribution in [0.25, 0.3) is 22.2 Å². The Hall–Kier alpha value is -2.29. The zero-order chi connectivity index (χ0) is 17.7. The fraction of sp³-hybridized carbons (Fsp3) is 0.364. The Labute approximate surface area is 148 Å². The molecule has 1 saturated carbocycles. The Morgan fingerprint density at radius 3 is 2.56 bits per heavy atom. The third-order valence-electron chi connectivity index (χ3n) is 5.84. The zero-order valence-electron chi connectivity index (χ0n) is 15.4. The second-order valence-corrected chi connectivity index (χ2v) is 7.38. The van der Waals surface area contributed by atoms with Crippen LogP contribution >= 0.6 is 0 Å². The molecule has 0 radical (unpaired) electrons. The van der Waals surface area contributed by atoms with Gasteiger partial charge in [0.1, 0.15) is 11.5 Å². The Kier molecular flexibility index (Phi) is 3.82. The van der Waals surface area contributed by atoms with E-state index in [1.165, 1.54) is 24.8 Å².